The number of anilines is 1. The Morgan fingerprint density at radius 3 is 2.67 bits per heavy atom. The summed E-state index contributed by atoms with van der Waals surface area (Å²) in [5, 5.41) is 3.42. The second kappa shape index (κ2) is 9.05. The molecule has 0 bridgehead atoms. The summed E-state index contributed by atoms with van der Waals surface area (Å²) >= 11 is 0. The molecule has 0 fully saturated rings. The lowest BCUT2D eigenvalue weighted by Crippen LogP contribution is -2.27. The number of methoxy groups -OCH3 is 1. The molecule has 5 heteroatoms. The smallest absolute Gasteiger partial charge is 0.203 e. The first-order valence-corrected chi connectivity index (χ1v) is 7.93. The van der Waals surface area contributed by atoms with Gasteiger partial charge >= 0.3 is 0 Å². The molecule has 1 rings (SSSR count). The number of hydrogen-bond acceptors (Lipinski definition) is 4. The Balaban J connectivity index is 2.44. The van der Waals surface area contributed by atoms with Crippen molar-refractivity contribution in [2.24, 2.45) is 0 Å². The molecule has 5 nitrogen and oxygen atoms in total. The molecule has 0 saturated carbocycles. The molecular formula is C16H32N4O. The molecule has 0 aliphatic carbocycles. The second-order valence-corrected chi connectivity index (χ2v) is 6.18. The minimum Gasteiger partial charge on any atom is -0.383 e. The van der Waals surface area contributed by atoms with Gasteiger partial charge in [0.15, 0.2) is 0 Å². The highest BCUT2D eigenvalue weighted by molar-refractivity contribution is 5.30. The van der Waals surface area contributed by atoms with Crippen molar-refractivity contribution in [3.05, 3.63) is 11.9 Å². The molecule has 1 unspecified atom stereocenters. The Bertz CT molecular complexity index is 403. The number of nitrogens with one attached hydrogen (secondary N) is 1. The Morgan fingerprint density at radius 2 is 2.05 bits per heavy atom. The molecule has 0 aromatic carbocycles. The van der Waals surface area contributed by atoms with Gasteiger partial charge in [-0.1, -0.05) is 0 Å². The highest BCUT2D eigenvalue weighted by atomic mass is 16.5. The molecule has 0 amide bonds. The van der Waals surface area contributed by atoms with Crippen LogP contribution >= 0.6 is 0 Å². The van der Waals surface area contributed by atoms with Crippen LogP contribution in [0.15, 0.2) is 6.20 Å². The van der Waals surface area contributed by atoms with Gasteiger partial charge < -0.3 is 19.5 Å². The largest absolute Gasteiger partial charge is 0.383 e. The molecule has 0 radical (unpaired) electrons. The lowest BCUT2D eigenvalue weighted by molar-refractivity contribution is 0.190. The van der Waals surface area contributed by atoms with E-state index in [1.54, 1.807) is 7.11 Å². The van der Waals surface area contributed by atoms with Gasteiger partial charge in [0.05, 0.1) is 12.3 Å². The summed E-state index contributed by atoms with van der Waals surface area (Å²) in [4.78, 5) is 6.95. The third-order valence-electron chi connectivity index (χ3n) is 3.73. The van der Waals surface area contributed by atoms with Crippen LogP contribution in [0.25, 0.3) is 0 Å². The standard InChI is InChI=1S/C16H32N4O/c1-13(2)19(5)9-7-8-10-20-11-14(3)17-16(20)18-15(4)12-21-6/h11,13,15H,7-10,12H2,1-6H3,(H,17,18). The molecule has 1 aromatic rings. The van der Waals surface area contributed by atoms with Crippen molar-refractivity contribution in [2.75, 3.05) is 32.6 Å². The van der Waals surface area contributed by atoms with Gasteiger partial charge in [-0.15, -0.1) is 0 Å². The summed E-state index contributed by atoms with van der Waals surface area (Å²) < 4.78 is 7.38. The summed E-state index contributed by atoms with van der Waals surface area (Å²) in [5.74, 6) is 0.953. The lowest BCUT2D eigenvalue weighted by Gasteiger charge is -2.21. The van der Waals surface area contributed by atoms with E-state index in [0.717, 1.165) is 24.7 Å². The van der Waals surface area contributed by atoms with Crippen molar-refractivity contribution < 1.29 is 4.74 Å². The summed E-state index contributed by atoms with van der Waals surface area (Å²) in [6, 6.07) is 0.884. The van der Waals surface area contributed by atoms with Crippen molar-refractivity contribution in [3.63, 3.8) is 0 Å². The van der Waals surface area contributed by atoms with Crippen molar-refractivity contribution in [1.82, 2.24) is 14.5 Å². The van der Waals surface area contributed by atoms with E-state index in [1.807, 2.05) is 6.92 Å². The fourth-order valence-corrected chi connectivity index (χ4v) is 2.25. The molecular weight excluding hydrogens is 264 g/mol. The molecule has 0 aliphatic rings. The number of aromatic nitrogens is 2. The topological polar surface area (TPSA) is 42.3 Å². The normalized spacial score (nSPS) is 13.1. The quantitative estimate of drug-likeness (QED) is 0.674. The average molecular weight is 296 g/mol. The molecule has 0 saturated heterocycles. The van der Waals surface area contributed by atoms with Gasteiger partial charge in [0, 0.05) is 31.9 Å². The minimum absolute atomic E-state index is 0.266. The van der Waals surface area contributed by atoms with Gasteiger partial charge in [-0.05, 0) is 54.1 Å². The van der Waals surface area contributed by atoms with Gasteiger partial charge in [-0.2, -0.15) is 0 Å². The number of ether oxygens (including phenoxy) is 1. The molecule has 0 aliphatic heterocycles. The van der Waals surface area contributed by atoms with E-state index < -0.39 is 0 Å². The monoisotopic (exact) mass is 296 g/mol. The average Bonchev–Trinajstić information content (AvgIpc) is 2.74. The number of rotatable bonds is 10. The van der Waals surface area contributed by atoms with E-state index in [0.29, 0.717) is 12.6 Å². The van der Waals surface area contributed by atoms with Crippen LogP contribution in [-0.2, 0) is 11.3 Å². The number of unbranched alkanes of at least 4 members (excludes halogenated alkanes) is 1. The Morgan fingerprint density at radius 1 is 1.33 bits per heavy atom. The van der Waals surface area contributed by atoms with Crippen LogP contribution in [0.3, 0.4) is 0 Å². The zero-order valence-electron chi connectivity index (χ0n) is 14.5. The van der Waals surface area contributed by atoms with Gasteiger partial charge in [0.25, 0.3) is 0 Å². The minimum atomic E-state index is 0.266. The van der Waals surface area contributed by atoms with Gasteiger partial charge in [-0.3, -0.25) is 0 Å². The maximum absolute atomic E-state index is 5.16. The van der Waals surface area contributed by atoms with Crippen LogP contribution in [0.5, 0.6) is 0 Å². The van der Waals surface area contributed by atoms with Gasteiger partial charge in [0.1, 0.15) is 0 Å². The summed E-state index contributed by atoms with van der Waals surface area (Å²) in [6.07, 6.45) is 4.49. The Hall–Kier alpha value is -1.07. The van der Waals surface area contributed by atoms with Crippen LogP contribution in [0.1, 0.15) is 39.3 Å². The lowest BCUT2D eigenvalue weighted by atomic mass is 10.2. The zero-order chi connectivity index (χ0) is 15.8. The maximum Gasteiger partial charge on any atom is 0.203 e. The summed E-state index contributed by atoms with van der Waals surface area (Å²) in [7, 11) is 3.91. The highest BCUT2D eigenvalue weighted by Gasteiger charge is 2.09. The predicted molar refractivity (Wildman–Crippen MR) is 88.9 cm³/mol. The fraction of sp³-hybridized carbons (Fsp3) is 0.812. The molecule has 21 heavy (non-hydrogen) atoms. The van der Waals surface area contributed by atoms with E-state index in [-0.39, 0.29) is 6.04 Å². The number of imidazole rings is 1. The van der Waals surface area contributed by atoms with E-state index in [4.69, 9.17) is 4.74 Å². The number of aryl methyl sites for hydroxylation is 2. The summed E-state index contributed by atoms with van der Waals surface area (Å²) in [6.45, 7) is 11.5. The van der Waals surface area contributed by atoms with Crippen LogP contribution in [0, 0.1) is 6.92 Å². The molecule has 1 N–H and O–H groups in total. The van der Waals surface area contributed by atoms with Crippen LogP contribution in [0.4, 0.5) is 5.95 Å². The van der Waals surface area contributed by atoms with Crippen molar-refractivity contribution in [3.8, 4) is 0 Å². The second-order valence-electron chi connectivity index (χ2n) is 6.18. The molecule has 1 aromatic heterocycles. The fourth-order valence-electron chi connectivity index (χ4n) is 2.25. The van der Waals surface area contributed by atoms with E-state index in [9.17, 15) is 0 Å². The van der Waals surface area contributed by atoms with E-state index in [2.05, 4.69) is 53.8 Å². The first-order valence-electron chi connectivity index (χ1n) is 7.93. The third-order valence-corrected chi connectivity index (χ3v) is 3.73. The van der Waals surface area contributed by atoms with Crippen molar-refractivity contribution in [1.29, 1.82) is 0 Å². The van der Waals surface area contributed by atoms with Crippen LogP contribution in [-0.4, -0.2) is 53.8 Å². The van der Waals surface area contributed by atoms with Crippen molar-refractivity contribution in [2.45, 2.75) is 59.2 Å². The van der Waals surface area contributed by atoms with Gasteiger partial charge in [0.2, 0.25) is 5.95 Å². The van der Waals surface area contributed by atoms with E-state index >= 15 is 0 Å². The zero-order valence-corrected chi connectivity index (χ0v) is 14.5. The number of hydrogen-bond donors (Lipinski definition) is 1. The molecule has 122 valence electrons. The first-order chi connectivity index (χ1) is 9.93. The Kier molecular flexibility index (Phi) is 7.75. The predicted octanol–water partition coefficient (Wildman–Crippen LogP) is 2.76. The SMILES string of the molecule is COCC(C)Nc1nc(C)cn1CCCCN(C)C(C)C. The van der Waals surface area contributed by atoms with Gasteiger partial charge in [-0.25, -0.2) is 4.98 Å². The highest BCUT2D eigenvalue weighted by Crippen LogP contribution is 2.12. The van der Waals surface area contributed by atoms with Crippen LogP contribution in [0.2, 0.25) is 0 Å². The van der Waals surface area contributed by atoms with E-state index in [1.165, 1.54) is 12.8 Å². The Labute approximate surface area is 129 Å². The summed E-state index contributed by atoms with van der Waals surface area (Å²) in [5.41, 5.74) is 1.06. The molecule has 0 spiro atoms. The maximum atomic E-state index is 5.16. The number of nitrogens with zero attached hydrogens (tertiary/aromatic N) is 3. The third kappa shape index (κ3) is 6.48. The van der Waals surface area contributed by atoms with Crippen molar-refractivity contribution >= 4 is 5.95 Å². The molecule has 1 heterocycles. The molecule has 1 atom stereocenters. The van der Waals surface area contributed by atoms with Crippen LogP contribution < -0.4 is 5.32 Å². The first kappa shape index (κ1) is 18.0.